The first-order valence-corrected chi connectivity index (χ1v) is 32.0. The van der Waals surface area contributed by atoms with Gasteiger partial charge in [0.2, 0.25) is 0 Å². The molecule has 0 spiro atoms. The first kappa shape index (κ1) is 101. The van der Waals surface area contributed by atoms with Crippen LogP contribution in [0, 0.1) is 125 Å². The van der Waals surface area contributed by atoms with Crippen molar-refractivity contribution in [2.75, 3.05) is 0 Å². The summed E-state index contributed by atoms with van der Waals surface area (Å²) in [5.74, 6) is 4.52. The van der Waals surface area contributed by atoms with E-state index in [0.717, 1.165) is 0 Å². The third kappa shape index (κ3) is 33.2. The summed E-state index contributed by atoms with van der Waals surface area (Å²) in [4.78, 5) is 0. The van der Waals surface area contributed by atoms with Crippen molar-refractivity contribution in [2.24, 2.45) is 0 Å². The summed E-state index contributed by atoms with van der Waals surface area (Å²) in [5.41, 5.74) is 35.9. The van der Waals surface area contributed by atoms with Crippen LogP contribution in [0.25, 0.3) is 0 Å². The van der Waals surface area contributed by atoms with Gasteiger partial charge in [-0.1, -0.05) is 277 Å². The number of aryl methyl sites for hydroxylation is 13. The van der Waals surface area contributed by atoms with Gasteiger partial charge in [-0.2, -0.15) is 0 Å². The van der Waals surface area contributed by atoms with E-state index < -0.39 is 0 Å². The second-order valence-electron chi connectivity index (χ2n) is 26.1. The Morgan fingerprint density at radius 1 is 0.200 bits per heavy atom. The van der Waals surface area contributed by atoms with E-state index in [0.29, 0.717) is 41.4 Å². The predicted molar refractivity (Wildman–Crippen MR) is 427 cm³/mol. The zero-order valence-electron chi connectivity index (χ0n) is 60.4. The number of benzene rings is 7. The normalized spacial score (nSPS) is 9.74. The molecule has 0 amide bonds. The average Bonchev–Trinajstić information content (AvgIpc) is 2.68. The standard InChI is InChI=1S/6C12H18.C9H12.C2H6.7CH4/c1-8(2)12-6-9(3)11(5)10(4)7-12;1-8(2)12-7-10(4)9(3)6-11(12)5;1-8(2)12-7-9(3)6-10(4)11(12)5;1-8(2)12-10(4)6-9(3)7-11(12)5;1-8(2)12-7-6-9(3)10(4)11(12)5;1-8(2)12-10(4)7-6-9(3)11(12)5;1-8(2)9-6-4-3-5-7-9;1-2;;;;;;;/h6*6-8H,1-5H3;3-8H,1-2H3;1-2H3;7*1H4. The fraction of sp³-hybridized carbons (Fsp3) is 0.533. The fourth-order valence-electron chi connectivity index (χ4n) is 11.1. The summed E-state index contributed by atoms with van der Waals surface area (Å²) in [6.07, 6.45) is 0. The highest BCUT2D eigenvalue weighted by Crippen LogP contribution is 2.28. The van der Waals surface area contributed by atoms with Crippen LogP contribution in [0.5, 0.6) is 0 Å². The van der Waals surface area contributed by atoms with Crippen molar-refractivity contribution >= 4 is 0 Å². The third-order valence-corrected chi connectivity index (χ3v) is 16.7. The zero-order valence-corrected chi connectivity index (χ0v) is 60.4. The minimum Gasteiger partial charge on any atom is -0.0776 e. The molecule has 0 saturated heterocycles. The van der Waals surface area contributed by atoms with Crippen LogP contribution < -0.4 is 0 Å². The highest BCUT2D eigenvalue weighted by atomic mass is 14.2. The van der Waals surface area contributed by atoms with E-state index in [1.807, 2.05) is 19.9 Å². The molecule has 0 bridgehead atoms. The van der Waals surface area contributed by atoms with Crippen LogP contribution in [0.3, 0.4) is 0 Å². The molecule has 0 N–H and O–H groups in total. The Balaban J connectivity index is -0.000000143. The van der Waals surface area contributed by atoms with Crippen LogP contribution in [0.4, 0.5) is 0 Å². The van der Waals surface area contributed by atoms with Crippen LogP contribution in [0.15, 0.2) is 103 Å². The van der Waals surface area contributed by atoms with Gasteiger partial charge >= 0.3 is 0 Å². The Labute approximate surface area is 567 Å². The quantitative estimate of drug-likeness (QED) is 0.149. The summed E-state index contributed by atoms with van der Waals surface area (Å²) >= 11 is 0. The van der Waals surface area contributed by atoms with E-state index >= 15 is 0 Å². The Morgan fingerprint density at radius 2 is 0.556 bits per heavy atom. The molecule has 0 aliphatic heterocycles. The van der Waals surface area contributed by atoms with Crippen molar-refractivity contribution in [1.82, 2.24) is 0 Å². The molecule has 90 heavy (non-hydrogen) atoms. The van der Waals surface area contributed by atoms with Gasteiger partial charge in [-0.15, -0.1) is 0 Å². The molecule has 0 saturated carbocycles. The van der Waals surface area contributed by atoms with E-state index in [4.69, 9.17) is 0 Å². The summed E-state index contributed by atoms with van der Waals surface area (Å²) in [6, 6.07) is 37.7. The van der Waals surface area contributed by atoms with E-state index in [1.165, 1.54) is 139 Å². The van der Waals surface area contributed by atoms with Gasteiger partial charge in [0, 0.05) is 0 Å². The van der Waals surface area contributed by atoms with Gasteiger partial charge in [0.25, 0.3) is 0 Å². The number of hydrogen-bond donors (Lipinski definition) is 0. The first-order valence-electron chi connectivity index (χ1n) is 32.0. The third-order valence-electron chi connectivity index (χ3n) is 16.7. The van der Waals surface area contributed by atoms with Gasteiger partial charge in [-0.05, 0) is 294 Å². The highest BCUT2D eigenvalue weighted by Gasteiger charge is 2.11. The summed E-state index contributed by atoms with van der Waals surface area (Å²) in [5, 5.41) is 0. The van der Waals surface area contributed by atoms with E-state index in [1.54, 1.807) is 0 Å². The van der Waals surface area contributed by atoms with Gasteiger partial charge in [0.1, 0.15) is 0 Å². The Morgan fingerprint density at radius 3 is 0.933 bits per heavy atom. The van der Waals surface area contributed by atoms with Gasteiger partial charge < -0.3 is 0 Å². The lowest BCUT2D eigenvalue weighted by Crippen LogP contribution is -1.97. The predicted octanol–water partition coefficient (Wildman–Crippen LogP) is 30.7. The van der Waals surface area contributed by atoms with E-state index in [2.05, 4.69) is 319 Å². The van der Waals surface area contributed by atoms with Gasteiger partial charge in [0.05, 0.1) is 0 Å². The Bertz CT molecular complexity index is 2960. The molecule has 514 valence electrons. The average molecular weight is 1240 g/mol. The molecule has 0 atom stereocenters. The summed E-state index contributed by atoms with van der Waals surface area (Å²) in [7, 11) is 0. The minimum absolute atomic E-state index is 0. The topological polar surface area (TPSA) is 0 Å². The molecule has 0 aliphatic carbocycles. The summed E-state index contributed by atoms with van der Waals surface area (Å²) in [6.45, 7) is 74.8. The van der Waals surface area contributed by atoms with Crippen LogP contribution in [0.2, 0.25) is 0 Å². The largest absolute Gasteiger partial charge is 0.0776 e. The zero-order chi connectivity index (χ0) is 64.5. The molecular formula is C90H154. The highest BCUT2D eigenvalue weighted by molar-refractivity contribution is 5.44. The number of rotatable bonds is 7. The molecule has 7 rings (SSSR count). The molecule has 7 aromatic rings. The number of hydrogen-bond acceptors (Lipinski definition) is 0. The van der Waals surface area contributed by atoms with Crippen molar-refractivity contribution < 1.29 is 0 Å². The van der Waals surface area contributed by atoms with Gasteiger partial charge in [0.15, 0.2) is 0 Å². The van der Waals surface area contributed by atoms with Crippen molar-refractivity contribution in [3.8, 4) is 0 Å². The lowest BCUT2D eigenvalue weighted by Gasteiger charge is -2.15. The smallest absolute Gasteiger partial charge is 0.0213 e. The van der Waals surface area contributed by atoms with Crippen LogP contribution in [-0.2, 0) is 0 Å². The van der Waals surface area contributed by atoms with Crippen molar-refractivity contribution in [3.05, 3.63) is 242 Å². The molecule has 0 unspecified atom stereocenters. The minimum atomic E-state index is 0. The second kappa shape index (κ2) is 49.2. The first-order chi connectivity index (χ1) is 38.5. The molecule has 0 aromatic heterocycles. The van der Waals surface area contributed by atoms with Crippen molar-refractivity contribution in [2.45, 2.75) is 329 Å². The van der Waals surface area contributed by atoms with Crippen molar-refractivity contribution in [3.63, 3.8) is 0 Å². The second-order valence-corrected chi connectivity index (χ2v) is 26.1. The van der Waals surface area contributed by atoms with Crippen molar-refractivity contribution in [1.29, 1.82) is 0 Å². The molecule has 0 nitrogen and oxygen atoms in total. The van der Waals surface area contributed by atoms with Crippen LogP contribution in [0.1, 0.15) is 343 Å². The Kier molecular flexibility index (Phi) is 55.1. The molecule has 7 aromatic carbocycles. The molecule has 0 heterocycles. The van der Waals surface area contributed by atoms with Gasteiger partial charge in [-0.3, -0.25) is 0 Å². The maximum absolute atomic E-state index is 2.31. The fourth-order valence-corrected chi connectivity index (χ4v) is 11.1. The van der Waals surface area contributed by atoms with E-state index in [-0.39, 0.29) is 52.0 Å². The lowest BCUT2D eigenvalue weighted by molar-refractivity contribution is 0.843. The lowest BCUT2D eigenvalue weighted by atomic mass is 9.91. The van der Waals surface area contributed by atoms with Crippen LogP contribution >= 0.6 is 0 Å². The molecule has 0 aliphatic rings. The molecule has 0 radical (unpaired) electrons. The monoisotopic (exact) mass is 1240 g/mol. The van der Waals surface area contributed by atoms with Crippen LogP contribution in [-0.4, -0.2) is 0 Å². The van der Waals surface area contributed by atoms with E-state index in [9.17, 15) is 0 Å². The molecular weight excluding hydrogens is 1080 g/mol. The van der Waals surface area contributed by atoms with Gasteiger partial charge in [-0.25, -0.2) is 0 Å². The maximum atomic E-state index is 2.31. The maximum Gasteiger partial charge on any atom is -0.0213 e. The Hall–Kier alpha value is -5.46. The molecule has 0 fully saturated rings. The summed E-state index contributed by atoms with van der Waals surface area (Å²) < 4.78 is 0. The SMILES string of the molecule is C.C.C.C.C.C.C.CC.CC(C)c1ccccc1.Cc1cc(C(C)C)cc(C)c1C.Cc1cc(C)c(C(C)C)c(C)c1.Cc1cc(C)c(C(C)C)cc1C.Cc1cc(C)c(C)c(C(C)C)c1.Cc1ccc(C(C)C)c(C)c1C.Cc1ccc(C)c(C(C)C)c1C. The molecule has 0 heteroatoms.